The van der Waals surface area contributed by atoms with E-state index in [2.05, 4.69) is 18.7 Å². The third-order valence-corrected chi connectivity index (χ3v) is 4.20. The Morgan fingerprint density at radius 3 is 2.70 bits per heavy atom. The molecule has 0 spiro atoms. The Labute approximate surface area is 121 Å². The zero-order valence-corrected chi connectivity index (χ0v) is 12.5. The Morgan fingerprint density at radius 2 is 2.05 bits per heavy atom. The van der Waals surface area contributed by atoms with Crippen LogP contribution in [0.4, 0.5) is 0 Å². The first-order chi connectivity index (χ1) is 9.55. The predicted molar refractivity (Wildman–Crippen MR) is 80.5 cm³/mol. The van der Waals surface area contributed by atoms with Gasteiger partial charge in [-0.3, -0.25) is 4.90 Å². The fourth-order valence-corrected chi connectivity index (χ4v) is 2.72. The molecule has 4 heteroatoms. The van der Waals surface area contributed by atoms with Gasteiger partial charge in [-0.2, -0.15) is 0 Å². The van der Waals surface area contributed by atoms with Gasteiger partial charge in [-0.05, 0) is 25.8 Å². The molecule has 1 fully saturated rings. The normalized spacial score (nSPS) is 27.2. The van der Waals surface area contributed by atoms with E-state index in [-0.39, 0.29) is 12.6 Å². The zero-order valence-electron chi connectivity index (χ0n) is 12.5. The van der Waals surface area contributed by atoms with Crippen molar-refractivity contribution in [2.75, 3.05) is 26.2 Å². The van der Waals surface area contributed by atoms with Gasteiger partial charge in [0.15, 0.2) is 0 Å². The topological polar surface area (TPSA) is 58.7 Å². The molecule has 0 saturated carbocycles. The fourth-order valence-electron chi connectivity index (χ4n) is 2.72. The van der Waals surface area contributed by atoms with Crippen molar-refractivity contribution >= 4 is 0 Å². The number of benzene rings is 1. The largest absolute Gasteiger partial charge is 0.384 e. The van der Waals surface area contributed by atoms with Crippen molar-refractivity contribution < 1.29 is 9.84 Å². The van der Waals surface area contributed by atoms with Gasteiger partial charge in [-0.15, -0.1) is 0 Å². The zero-order chi connectivity index (χ0) is 14.6. The van der Waals surface area contributed by atoms with Gasteiger partial charge in [0.2, 0.25) is 0 Å². The molecule has 20 heavy (non-hydrogen) atoms. The van der Waals surface area contributed by atoms with Gasteiger partial charge in [-0.25, -0.2) is 0 Å². The van der Waals surface area contributed by atoms with Crippen LogP contribution in [0, 0.1) is 0 Å². The summed E-state index contributed by atoms with van der Waals surface area (Å²) in [5.41, 5.74) is 5.78. The number of ether oxygens (including phenoxy) is 1. The van der Waals surface area contributed by atoms with Gasteiger partial charge in [0.25, 0.3) is 0 Å². The van der Waals surface area contributed by atoms with Crippen LogP contribution in [-0.4, -0.2) is 48.4 Å². The molecular weight excluding hydrogens is 252 g/mol. The Morgan fingerprint density at radius 1 is 1.35 bits per heavy atom. The van der Waals surface area contributed by atoms with E-state index in [1.165, 1.54) is 0 Å². The molecule has 3 N–H and O–H groups in total. The monoisotopic (exact) mass is 278 g/mol. The van der Waals surface area contributed by atoms with E-state index in [0.29, 0.717) is 12.5 Å². The lowest BCUT2D eigenvalue weighted by atomic mass is 9.90. The first-order valence-electron chi connectivity index (χ1n) is 7.39. The van der Waals surface area contributed by atoms with E-state index in [0.717, 1.165) is 25.3 Å². The molecule has 3 atom stereocenters. The molecule has 1 heterocycles. The highest BCUT2D eigenvalue weighted by Gasteiger charge is 2.30. The minimum atomic E-state index is -0.942. The Hall–Kier alpha value is -0.940. The van der Waals surface area contributed by atoms with E-state index in [9.17, 15) is 5.11 Å². The summed E-state index contributed by atoms with van der Waals surface area (Å²) in [7, 11) is 0. The quantitative estimate of drug-likeness (QED) is 0.853. The average molecular weight is 278 g/mol. The highest BCUT2D eigenvalue weighted by Crippen LogP contribution is 2.25. The lowest BCUT2D eigenvalue weighted by Gasteiger charge is -2.38. The van der Waals surface area contributed by atoms with Gasteiger partial charge < -0.3 is 15.6 Å². The van der Waals surface area contributed by atoms with Crippen LogP contribution in [0.2, 0.25) is 0 Å². The third kappa shape index (κ3) is 3.58. The van der Waals surface area contributed by atoms with Crippen molar-refractivity contribution in [2.24, 2.45) is 5.73 Å². The Bertz CT molecular complexity index is 412. The number of hydrogen-bond acceptors (Lipinski definition) is 4. The second-order valence-corrected chi connectivity index (χ2v) is 5.84. The van der Waals surface area contributed by atoms with Crippen LogP contribution in [0.15, 0.2) is 30.3 Å². The summed E-state index contributed by atoms with van der Waals surface area (Å²) in [4.78, 5) is 2.37. The number of rotatable bonds is 5. The maximum absolute atomic E-state index is 10.8. The Balaban J connectivity index is 2.00. The minimum Gasteiger partial charge on any atom is -0.384 e. The lowest BCUT2D eigenvalue weighted by molar-refractivity contribution is -0.0602. The second kappa shape index (κ2) is 6.68. The highest BCUT2D eigenvalue weighted by molar-refractivity contribution is 5.22. The molecule has 0 radical (unpaired) electrons. The molecule has 1 aromatic rings. The van der Waals surface area contributed by atoms with E-state index in [4.69, 9.17) is 10.5 Å². The summed E-state index contributed by atoms with van der Waals surface area (Å²) in [5, 5.41) is 10.8. The van der Waals surface area contributed by atoms with Gasteiger partial charge in [-0.1, -0.05) is 30.3 Å². The smallest absolute Gasteiger partial charge is 0.103 e. The van der Waals surface area contributed by atoms with Crippen molar-refractivity contribution in [3.05, 3.63) is 35.9 Å². The van der Waals surface area contributed by atoms with Crippen molar-refractivity contribution in [3.8, 4) is 0 Å². The van der Waals surface area contributed by atoms with Gasteiger partial charge >= 0.3 is 0 Å². The molecule has 2 rings (SSSR count). The summed E-state index contributed by atoms with van der Waals surface area (Å²) in [5.74, 6) is 0. The summed E-state index contributed by atoms with van der Waals surface area (Å²) < 4.78 is 5.63. The van der Waals surface area contributed by atoms with Crippen LogP contribution in [0.1, 0.15) is 25.8 Å². The molecule has 0 aromatic heterocycles. The first-order valence-corrected chi connectivity index (χ1v) is 7.39. The third-order valence-electron chi connectivity index (χ3n) is 4.20. The average Bonchev–Trinajstić information content (AvgIpc) is 2.49. The molecular formula is C16H26N2O2. The molecule has 1 saturated heterocycles. The summed E-state index contributed by atoms with van der Waals surface area (Å²) in [6, 6.07) is 10.1. The van der Waals surface area contributed by atoms with Gasteiger partial charge in [0, 0.05) is 25.7 Å². The van der Waals surface area contributed by atoms with E-state index in [1.807, 2.05) is 30.3 Å². The summed E-state index contributed by atoms with van der Waals surface area (Å²) >= 11 is 0. The van der Waals surface area contributed by atoms with E-state index >= 15 is 0 Å². The first kappa shape index (κ1) is 15.4. The molecule has 1 aliphatic rings. The second-order valence-electron chi connectivity index (χ2n) is 5.84. The van der Waals surface area contributed by atoms with Crippen LogP contribution in [0.25, 0.3) is 0 Å². The van der Waals surface area contributed by atoms with Crippen molar-refractivity contribution in [2.45, 2.75) is 38.0 Å². The fraction of sp³-hybridized carbons (Fsp3) is 0.625. The molecule has 0 aliphatic carbocycles. The number of aliphatic hydroxyl groups is 1. The molecule has 112 valence electrons. The Kier molecular flexibility index (Phi) is 5.16. The van der Waals surface area contributed by atoms with E-state index in [1.54, 1.807) is 0 Å². The minimum absolute atomic E-state index is 0.241. The number of morpholine rings is 1. The standard InChI is InChI=1S/C16H26N2O2/c1-13-11-20-14(2)10-18(13)9-8-16(19,12-17)15-6-4-3-5-7-15/h3-7,13-14,19H,8-12,17H2,1-2H3. The number of nitrogens with zero attached hydrogens (tertiary/aromatic N) is 1. The van der Waals surface area contributed by atoms with Crippen LogP contribution < -0.4 is 5.73 Å². The number of hydrogen-bond donors (Lipinski definition) is 2. The molecule has 0 bridgehead atoms. The predicted octanol–water partition coefficient (Wildman–Crippen LogP) is 1.33. The van der Waals surface area contributed by atoms with Crippen LogP contribution in [0.3, 0.4) is 0 Å². The highest BCUT2D eigenvalue weighted by atomic mass is 16.5. The molecule has 1 aromatic carbocycles. The van der Waals surface area contributed by atoms with Gasteiger partial charge in [0.1, 0.15) is 5.60 Å². The summed E-state index contributed by atoms with van der Waals surface area (Å²) in [6.45, 7) is 6.99. The maximum Gasteiger partial charge on any atom is 0.103 e. The molecule has 0 amide bonds. The SMILES string of the molecule is CC1CN(CCC(O)(CN)c2ccccc2)C(C)CO1. The molecule has 3 unspecified atom stereocenters. The summed E-state index contributed by atoms with van der Waals surface area (Å²) in [6.07, 6.45) is 0.902. The van der Waals surface area contributed by atoms with E-state index < -0.39 is 5.60 Å². The van der Waals surface area contributed by atoms with Crippen LogP contribution in [0.5, 0.6) is 0 Å². The number of nitrogens with two attached hydrogens (primary N) is 1. The van der Waals surface area contributed by atoms with Crippen molar-refractivity contribution in [1.29, 1.82) is 0 Å². The maximum atomic E-state index is 10.8. The lowest BCUT2D eigenvalue weighted by Crippen LogP contribution is -2.49. The molecule has 1 aliphatic heterocycles. The van der Waals surface area contributed by atoms with Crippen molar-refractivity contribution in [1.82, 2.24) is 4.90 Å². The van der Waals surface area contributed by atoms with Gasteiger partial charge in [0.05, 0.1) is 12.7 Å². The van der Waals surface area contributed by atoms with Crippen molar-refractivity contribution in [3.63, 3.8) is 0 Å². The van der Waals surface area contributed by atoms with Crippen LogP contribution >= 0.6 is 0 Å². The van der Waals surface area contributed by atoms with Crippen LogP contribution in [-0.2, 0) is 10.3 Å². The molecule has 4 nitrogen and oxygen atoms in total.